The van der Waals surface area contributed by atoms with Crippen molar-refractivity contribution in [2.45, 2.75) is 27.2 Å². The van der Waals surface area contributed by atoms with Crippen LogP contribution < -0.4 is 0 Å². The van der Waals surface area contributed by atoms with Gasteiger partial charge in [-0.1, -0.05) is 27.3 Å². The minimum Gasteiger partial charge on any atom is -0.261 e. The monoisotopic (exact) mass is 137 g/mol. The first-order chi connectivity index (χ1) is 4.30. The summed E-state index contributed by atoms with van der Waals surface area (Å²) in [7, 11) is 0. The first-order valence-electron chi connectivity index (χ1n) is 3.21. The maximum absolute atomic E-state index is 4.18. The van der Waals surface area contributed by atoms with Gasteiger partial charge in [0.15, 0.2) is 0 Å². The van der Waals surface area contributed by atoms with E-state index in [0.717, 1.165) is 5.69 Å². The summed E-state index contributed by atoms with van der Waals surface area (Å²) in [6.07, 6.45) is 1.83. The van der Waals surface area contributed by atoms with Gasteiger partial charge >= 0.3 is 0 Å². The number of aromatic nitrogens is 1. The lowest BCUT2D eigenvalue weighted by atomic mass is 10.1. The van der Waals surface area contributed by atoms with Gasteiger partial charge in [0.25, 0.3) is 0 Å². The second-order valence-electron chi connectivity index (χ2n) is 2.41. The van der Waals surface area contributed by atoms with Crippen molar-refractivity contribution in [3.8, 4) is 0 Å². The molecular weight excluding hydrogens is 122 g/mol. The van der Waals surface area contributed by atoms with Crippen LogP contribution in [0.4, 0.5) is 0 Å². The second kappa shape index (κ2) is 4.04. The zero-order chi connectivity index (χ0) is 6.69. The molecule has 0 N–H and O–H groups in total. The van der Waals surface area contributed by atoms with Crippen LogP contribution in [-0.2, 0) is 0 Å². The molecule has 1 heterocycles. The van der Waals surface area contributed by atoms with Crippen LogP contribution in [0.3, 0.4) is 0 Å². The predicted octanol–water partition coefficient (Wildman–Crippen LogP) is 2.84. The van der Waals surface area contributed by atoms with Crippen LogP contribution in [0.15, 0.2) is 24.4 Å². The first-order valence-corrected chi connectivity index (χ1v) is 3.21. The molecule has 0 radical (unpaired) electrons. The molecule has 1 rings (SSSR count). The summed E-state index contributed by atoms with van der Waals surface area (Å²) in [5.74, 6) is 0.547. The minimum absolute atomic E-state index is 0. The molecule has 1 aromatic heterocycles. The third kappa shape index (κ3) is 2.18. The summed E-state index contributed by atoms with van der Waals surface area (Å²) >= 11 is 0. The standard InChI is InChI=1S/C8H11N.CH4/c1-7(2)8-5-3-4-6-9-8;/h3-7H,1-2H3;1H4. The molecular formula is C9H15N. The fourth-order valence-corrected chi connectivity index (χ4v) is 0.717. The fraction of sp³-hybridized carbons (Fsp3) is 0.444. The summed E-state index contributed by atoms with van der Waals surface area (Å²) < 4.78 is 0. The van der Waals surface area contributed by atoms with E-state index in [1.165, 1.54) is 0 Å². The highest BCUT2D eigenvalue weighted by atomic mass is 14.7. The zero-order valence-electron chi connectivity index (χ0n) is 5.83. The third-order valence-electron chi connectivity index (χ3n) is 1.28. The van der Waals surface area contributed by atoms with Crippen LogP contribution in [0.2, 0.25) is 0 Å². The lowest BCUT2D eigenvalue weighted by molar-refractivity contribution is 0.823. The Balaban J connectivity index is 0.000000810. The highest BCUT2D eigenvalue weighted by molar-refractivity contribution is 5.06. The molecule has 0 fully saturated rings. The summed E-state index contributed by atoms with van der Waals surface area (Å²) in [4.78, 5) is 4.18. The molecule has 1 nitrogen and oxygen atoms in total. The molecule has 0 saturated carbocycles. The molecule has 0 aliphatic carbocycles. The topological polar surface area (TPSA) is 12.9 Å². The Hall–Kier alpha value is -0.850. The quantitative estimate of drug-likeness (QED) is 0.580. The van der Waals surface area contributed by atoms with E-state index < -0.39 is 0 Å². The van der Waals surface area contributed by atoms with Crippen molar-refractivity contribution in [1.29, 1.82) is 0 Å². The second-order valence-corrected chi connectivity index (χ2v) is 2.41. The summed E-state index contributed by atoms with van der Waals surface area (Å²) in [5, 5.41) is 0. The molecule has 0 aromatic carbocycles. The van der Waals surface area contributed by atoms with Gasteiger partial charge in [-0.25, -0.2) is 0 Å². The summed E-state index contributed by atoms with van der Waals surface area (Å²) in [6.45, 7) is 4.28. The van der Waals surface area contributed by atoms with Crippen molar-refractivity contribution in [3.05, 3.63) is 30.1 Å². The van der Waals surface area contributed by atoms with Crippen LogP contribution >= 0.6 is 0 Å². The molecule has 0 aliphatic rings. The van der Waals surface area contributed by atoms with Gasteiger partial charge in [0.1, 0.15) is 0 Å². The highest BCUT2D eigenvalue weighted by Gasteiger charge is 1.95. The van der Waals surface area contributed by atoms with Crippen molar-refractivity contribution in [2.75, 3.05) is 0 Å². The summed E-state index contributed by atoms with van der Waals surface area (Å²) in [6, 6.07) is 6.00. The molecule has 0 saturated heterocycles. The van der Waals surface area contributed by atoms with Crippen molar-refractivity contribution in [1.82, 2.24) is 4.98 Å². The minimum atomic E-state index is 0. The van der Waals surface area contributed by atoms with E-state index >= 15 is 0 Å². The van der Waals surface area contributed by atoms with E-state index in [2.05, 4.69) is 18.8 Å². The Labute approximate surface area is 63.1 Å². The molecule has 0 spiro atoms. The normalized spacial score (nSPS) is 9.10. The van der Waals surface area contributed by atoms with Crippen molar-refractivity contribution in [3.63, 3.8) is 0 Å². The smallest absolute Gasteiger partial charge is 0.0428 e. The van der Waals surface area contributed by atoms with Gasteiger partial charge in [-0.15, -0.1) is 0 Å². The lowest BCUT2D eigenvalue weighted by Gasteiger charge is -2.00. The van der Waals surface area contributed by atoms with Crippen LogP contribution in [0.25, 0.3) is 0 Å². The maximum atomic E-state index is 4.18. The molecule has 0 atom stereocenters. The van der Waals surface area contributed by atoms with Gasteiger partial charge in [0, 0.05) is 11.9 Å². The average molecular weight is 137 g/mol. The lowest BCUT2D eigenvalue weighted by Crippen LogP contribution is -1.88. The molecule has 1 aromatic rings. The maximum Gasteiger partial charge on any atom is 0.0428 e. The van der Waals surface area contributed by atoms with E-state index in [-0.39, 0.29) is 7.43 Å². The van der Waals surface area contributed by atoms with Gasteiger partial charge < -0.3 is 0 Å². The van der Waals surface area contributed by atoms with Crippen molar-refractivity contribution >= 4 is 0 Å². The number of hydrogen-bond donors (Lipinski definition) is 0. The Bertz CT molecular complexity index is 167. The third-order valence-corrected chi connectivity index (χ3v) is 1.28. The van der Waals surface area contributed by atoms with E-state index in [4.69, 9.17) is 0 Å². The fourth-order valence-electron chi connectivity index (χ4n) is 0.717. The van der Waals surface area contributed by atoms with E-state index in [0.29, 0.717) is 5.92 Å². The van der Waals surface area contributed by atoms with Crippen LogP contribution in [0, 0.1) is 0 Å². The van der Waals surface area contributed by atoms with Gasteiger partial charge in [-0.05, 0) is 18.1 Å². The van der Waals surface area contributed by atoms with Gasteiger partial charge in [0.05, 0.1) is 0 Å². The van der Waals surface area contributed by atoms with Crippen LogP contribution in [0.1, 0.15) is 32.9 Å². The number of nitrogens with zero attached hydrogens (tertiary/aromatic N) is 1. The van der Waals surface area contributed by atoms with Gasteiger partial charge in [-0.2, -0.15) is 0 Å². The van der Waals surface area contributed by atoms with E-state index in [1.807, 2.05) is 24.4 Å². The molecule has 56 valence electrons. The Morgan fingerprint density at radius 1 is 1.30 bits per heavy atom. The molecule has 0 amide bonds. The molecule has 0 unspecified atom stereocenters. The number of pyridine rings is 1. The van der Waals surface area contributed by atoms with Gasteiger partial charge in [0.2, 0.25) is 0 Å². The molecule has 0 bridgehead atoms. The van der Waals surface area contributed by atoms with Crippen LogP contribution in [0.5, 0.6) is 0 Å². The Morgan fingerprint density at radius 3 is 2.30 bits per heavy atom. The Morgan fingerprint density at radius 2 is 2.00 bits per heavy atom. The van der Waals surface area contributed by atoms with Crippen molar-refractivity contribution in [2.24, 2.45) is 0 Å². The van der Waals surface area contributed by atoms with Gasteiger partial charge in [-0.3, -0.25) is 4.98 Å². The number of hydrogen-bond acceptors (Lipinski definition) is 1. The highest BCUT2D eigenvalue weighted by Crippen LogP contribution is 2.08. The zero-order valence-corrected chi connectivity index (χ0v) is 5.83. The average Bonchev–Trinajstić information content (AvgIpc) is 1.90. The van der Waals surface area contributed by atoms with E-state index in [9.17, 15) is 0 Å². The SMILES string of the molecule is C.CC(C)c1ccccn1. The van der Waals surface area contributed by atoms with E-state index in [1.54, 1.807) is 0 Å². The molecule has 0 aliphatic heterocycles. The largest absolute Gasteiger partial charge is 0.261 e. The Kier molecular flexibility index (Phi) is 3.70. The van der Waals surface area contributed by atoms with Crippen LogP contribution in [-0.4, -0.2) is 4.98 Å². The predicted molar refractivity (Wildman–Crippen MR) is 45.1 cm³/mol. The van der Waals surface area contributed by atoms with Crippen molar-refractivity contribution < 1.29 is 0 Å². The number of rotatable bonds is 1. The molecule has 10 heavy (non-hydrogen) atoms. The first kappa shape index (κ1) is 9.15. The molecule has 1 heteroatoms. The summed E-state index contributed by atoms with van der Waals surface area (Å²) in [5.41, 5.74) is 1.16.